The molecule has 0 bridgehead atoms. The second-order valence-corrected chi connectivity index (χ2v) is 5.39. The zero-order valence-electron chi connectivity index (χ0n) is 10.2. The summed E-state index contributed by atoms with van der Waals surface area (Å²) in [6, 6.07) is 0. The molecule has 1 aromatic rings. The highest BCUT2D eigenvalue weighted by molar-refractivity contribution is 4.95. The smallest absolute Gasteiger partial charge is 0.141 e. The molecule has 1 saturated heterocycles. The van der Waals surface area contributed by atoms with Crippen LogP contribution in [-0.4, -0.2) is 43.5 Å². The summed E-state index contributed by atoms with van der Waals surface area (Å²) in [5.41, 5.74) is -0.511. The van der Waals surface area contributed by atoms with Crippen molar-refractivity contribution in [3.8, 4) is 0 Å². The van der Waals surface area contributed by atoms with E-state index in [-0.39, 0.29) is 0 Å². The Hall–Kier alpha value is -0.940. The monoisotopic (exact) mass is 224 g/mol. The molecule has 5 nitrogen and oxygen atoms in total. The van der Waals surface area contributed by atoms with Gasteiger partial charge in [0.25, 0.3) is 0 Å². The normalized spacial score (nSPS) is 20.1. The first-order valence-corrected chi connectivity index (χ1v) is 5.78. The topological polar surface area (TPSA) is 54.2 Å². The number of nitrogens with zero attached hydrogens (tertiary/aromatic N) is 4. The maximum atomic E-state index is 9.64. The van der Waals surface area contributed by atoms with E-state index in [2.05, 4.69) is 28.8 Å². The summed E-state index contributed by atoms with van der Waals surface area (Å²) in [5.74, 6) is 1.56. The third-order valence-electron chi connectivity index (χ3n) is 2.73. The Labute approximate surface area is 96.1 Å². The molecule has 1 fully saturated rings. The average Bonchev–Trinajstić information content (AvgIpc) is 2.48. The summed E-state index contributed by atoms with van der Waals surface area (Å²) in [4.78, 5) is 6.45. The number of aromatic nitrogens is 3. The Bertz CT molecular complexity index is 351. The van der Waals surface area contributed by atoms with E-state index in [4.69, 9.17) is 0 Å². The molecule has 1 aliphatic rings. The number of rotatable bonds is 4. The van der Waals surface area contributed by atoms with E-state index in [1.165, 1.54) is 0 Å². The van der Waals surface area contributed by atoms with Crippen molar-refractivity contribution in [3.63, 3.8) is 0 Å². The van der Waals surface area contributed by atoms with Crippen molar-refractivity contribution in [1.82, 2.24) is 19.7 Å². The Morgan fingerprint density at radius 2 is 2.19 bits per heavy atom. The van der Waals surface area contributed by atoms with E-state index < -0.39 is 5.60 Å². The Morgan fingerprint density at radius 3 is 2.75 bits per heavy atom. The van der Waals surface area contributed by atoms with Gasteiger partial charge in [0.15, 0.2) is 0 Å². The minimum Gasteiger partial charge on any atom is -0.388 e. The van der Waals surface area contributed by atoms with E-state index in [9.17, 15) is 5.11 Å². The lowest BCUT2D eigenvalue weighted by molar-refractivity contribution is -0.0884. The summed E-state index contributed by atoms with van der Waals surface area (Å²) in [5, 5.41) is 13.9. The highest BCUT2D eigenvalue weighted by atomic mass is 16.3. The summed E-state index contributed by atoms with van der Waals surface area (Å²) >= 11 is 0. The van der Waals surface area contributed by atoms with Crippen LogP contribution in [-0.2, 0) is 13.1 Å². The van der Waals surface area contributed by atoms with Crippen LogP contribution in [0.2, 0.25) is 0 Å². The van der Waals surface area contributed by atoms with Gasteiger partial charge in [0, 0.05) is 19.6 Å². The molecule has 16 heavy (non-hydrogen) atoms. The van der Waals surface area contributed by atoms with Crippen molar-refractivity contribution in [2.75, 3.05) is 13.1 Å². The first kappa shape index (κ1) is 11.5. The predicted molar refractivity (Wildman–Crippen MR) is 60.8 cm³/mol. The lowest BCUT2D eigenvalue weighted by Gasteiger charge is -2.43. The molecule has 0 aliphatic carbocycles. The van der Waals surface area contributed by atoms with Crippen LogP contribution in [0.4, 0.5) is 0 Å². The quantitative estimate of drug-likeness (QED) is 0.809. The summed E-state index contributed by atoms with van der Waals surface area (Å²) in [6.45, 7) is 9.33. The third kappa shape index (κ3) is 2.59. The maximum Gasteiger partial charge on any atom is 0.141 e. The fourth-order valence-corrected chi connectivity index (χ4v) is 2.14. The maximum absolute atomic E-state index is 9.64. The van der Waals surface area contributed by atoms with E-state index >= 15 is 0 Å². The van der Waals surface area contributed by atoms with Gasteiger partial charge in [-0.05, 0) is 12.8 Å². The highest BCUT2D eigenvalue weighted by Crippen LogP contribution is 2.21. The molecule has 1 aromatic heterocycles. The van der Waals surface area contributed by atoms with Gasteiger partial charge >= 0.3 is 0 Å². The highest BCUT2D eigenvalue weighted by Gasteiger charge is 2.36. The molecular weight excluding hydrogens is 204 g/mol. The molecule has 0 unspecified atom stereocenters. The van der Waals surface area contributed by atoms with Crippen LogP contribution < -0.4 is 0 Å². The molecule has 0 amide bonds. The van der Waals surface area contributed by atoms with Gasteiger partial charge in [0.2, 0.25) is 0 Å². The molecule has 2 rings (SSSR count). The van der Waals surface area contributed by atoms with Gasteiger partial charge in [-0.2, -0.15) is 5.10 Å². The number of likely N-dealkylation sites (tertiary alicyclic amines) is 1. The van der Waals surface area contributed by atoms with Crippen molar-refractivity contribution < 1.29 is 5.11 Å². The molecule has 0 saturated carbocycles. The third-order valence-corrected chi connectivity index (χ3v) is 2.73. The fraction of sp³-hybridized carbons (Fsp3) is 0.818. The first-order chi connectivity index (χ1) is 7.46. The molecule has 0 aromatic carbocycles. The SMILES string of the molecule is CC(C)Cn1ncnc1CN1CC(C)(O)C1. The largest absolute Gasteiger partial charge is 0.388 e. The number of hydrogen-bond acceptors (Lipinski definition) is 4. The van der Waals surface area contributed by atoms with E-state index in [1.807, 2.05) is 11.6 Å². The van der Waals surface area contributed by atoms with Crippen molar-refractivity contribution >= 4 is 0 Å². The van der Waals surface area contributed by atoms with E-state index in [1.54, 1.807) is 6.33 Å². The van der Waals surface area contributed by atoms with Crippen LogP contribution in [0.15, 0.2) is 6.33 Å². The number of β-amino-alcohol motifs (C(OH)–C–C–N with tert-alkyl or cyclic N) is 1. The van der Waals surface area contributed by atoms with Gasteiger partial charge in [-0.25, -0.2) is 9.67 Å². The van der Waals surface area contributed by atoms with Gasteiger partial charge < -0.3 is 5.11 Å². The second kappa shape index (κ2) is 4.14. The zero-order chi connectivity index (χ0) is 11.8. The van der Waals surface area contributed by atoms with Gasteiger partial charge in [0.1, 0.15) is 12.2 Å². The lowest BCUT2D eigenvalue weighted by Crippen LogP contribution is -2.59. The van der Waals surface area contributed by atoms with Crippen molar-refractivity contribution in [2.24, 2.45) is 5.92 Å². The Morgan fingerprint density at radius 1 is 1.50 bits per heavy atom. The number of hydrogen-bond donors (Lipinski definition) is 1. The van der Waals surface area contributed by atoms with Crippen LogP contribution in [0.3, 0.4) is 0 Å². The van der Waals surface area contributed by atoms with E-state index in [0.717, 1.165) is 32.0 Å². The first-order valence-electron chi connectivity index (χ1n) is 5.78. The van der Waals surface area contributed by atoms with Crippen LogP contribution in [0.5, 0.6) is 0 Å². The minimum absolute atomic E-state index is 0.511. The molecule has 0 atom stereocenters. The minimum atomic E-state index is -0.511. The fourth-order valence-electron chi connectivity index (χ4n) is 2.14. The second-order valence-electron chi connectivity index (χ2n) is 5.39. The number of aliphatic hydroxyl groups is 1. The van der Waals surface area contributed by atoms with Crippen LogP contribution in [0.1, 0.15) is 26.6 Å². The van der Waals surface area contributed by atoms with Gasteiger partial charge in [-0.1, -0.05) is 13.8 Å². The van der Waals surface area contributed by atoms with E-state index in [0.29, 0.717) is 5.92 Å². The molecule has 1 N–H and O–H groups in total. The van der Waals surface area contributed by atoms with Gasteiger partial charge in [0.05, 0.1) is 12.1 Å². The van der Waals surface area contributed by atoms with Crippen molar-refractivity contribution in [2.45, 2.75) is 39.5 Å². The Kier molecular flexibility index (Phi) is 2.99. The average molecular weight is 224 g/mol. The van der Waals surface area contributed by atoms with Crippen LogP contribution >= 0.6 is 0 Å². The molecule has 1 aliphatic heterocycles. The predicted octanol–water partition coefficient (Wildman–Crippen LogP) is 0.501. The van der Waals surface area contributed by atoms with Gasteiger partial charge in [-0.3, -0.25) is 4.90 Å². The van der Waals surface area contributed by atoms with Crippen molar-refractivity contribution in [1.29, 1.82) is 0 Å². The zero-order valence-corrected chi connectivity index (χ0v) is 10.2. The Balaban J connectivity index is 1.92. The molecule has 0 radical (unpaired) electrons. The summed E-state index contributed by atoms with van der Waals surface area (Å²) in [6.07, 6.45) is 1.61. The standard InChI is InChI=1S/C11H20N4O/c1-9(2)4-15-10(12-8-13-15)5-14-6-11(3,16)7-14/h8-9,16H,4-7H2,1-3H3. The summed E-state index contributed by atoms with van der Waals surface area (Å²) < 4.78 is 1.96. The van der Waals surface area contributed by atoms with Crippen molar-refractivity contribution in [3.05, 3.63) is 12.2 Å². The van der Waals surface area contributed by atoms with Crippen LogP contribution in [0, 0.1) is 5.92 Å². The molecular formula is C11H20N4O. The van der Waals surface area contributed by atoms with Crippen LogP contribution in [0.25, 0.3) is 0 Å². The van der Waals surface area contributed by atoms with Gasteiger partial charge in [-0.15, -0.1) is 0 Å². The molecule has 2 heterocycles. The molecule has 90 valence electrons. The lowest BCUT2D eigenvalue weighted by atomic mass is 9.97. The molecule has 0 spiro atoms. The summed E-state index contributed by atoms with van der Waals surface area (Å²) in [7, 11) is 0. The molecule has 5 heteroatoms.